The van der Waals surface area contributed by atoms with E-state index in [-0.39, 0.29) is 12.2 Å². The van der Waals surface area contributed by atoms with Crippen molar-refractivity contribution in [2.75, 3.05) is 6.61 Å². The fourth-order valence-electron chi connectivity index (χ4n) is 3.01. The van der Waals surface area contributed by atoms with Crippen molar-refractivity contribution < 1.29 is 9.84 Å². The Bertz CT molecular complexity index is 565. The highest BCUT2D eigenvalue weighted by Crippen LogP contribution is 2.31. The maximum Gasteiger partial charge on any atom is 0.0852 e. The van der Waals surface area contributed by atoms with Crippen LogP contribution in [0.4, 0.5) is 0 Å². The predicted octanol–water partition coefficient (Wildman–Crippen LogP) is 3.68. The number of hydrogen-bond acceptors (Lipinski definition) is 2. The maximum atomic E-state index is 10.3. The van der Waals surface area contributed by atoms with Crippen LogP contribution in [0.15, 0.2) is 54.6 Å². The van der Waals surface area contributed by atoms with Crippen LogP contribution in [-0.4, -0.2) is 17.8 Å². The molecule has 1 aliphatic heterocycles. The molecule has 1 aliphatic rings. The van der Waals surface area contributed by atoms with Gasteiger partial charge in [0.2, 0.25) is 0 Å². The molecule has 0 spiro atoms. The monoisotopic (exact) mass is 282 g/mol. The van der Waals surface area contributed by atoms with Gasteiger partial charge in [-0.05, 0) is 36.0 Å². The molecule has 2 heteroatoms. The summed E-state index contributed by atoms with van der Waals surface area (Å²) in [7, 11) is 0. The Hall–Kier alpha value is -1.64. The minimum absolute atomic E-state index is 0.0423. The van der Waals surface area contributed by atoms with E-state index in [0.717, 1.165) is 25.9 Å². The average Bonchev–Trinajstić information content (AvgIpc) is 2.54. The van der Waals surface area contributed by atoms with E-state index in [2.05, 4.69) is 36.4 Å². The lowest BCUT2D eigenvalue weighted by Gasteiger charge is -2.27. The molecule has 0 radical (unpaired) electrons. The van der Waals surface area contributed by atoms with Crippen molar-refractivity contribution in [1.82, 2.24) is 0 Å². The van der Waals surface area contributed by atoms with Gasteiger partial charge in [-0.1, -0.05) is 54.6 Å². The van der Waals surface area contributed by atoms with E-state index in [1.54, 1.807) is 0 Å². The second-order valence-electron chi connectivity index (χ2n) is 5.72. The van der Waals surface area contributed by atoms with Gasteiger partial charge in [0, 0.05) is 6.42 Å². The quantitative estimate of drug-likeness (QED) is 0.906. The fourth-order valence-corrected chi connectivity index (χ4v) is 3.01. The minimum Gasteiger partial charge on any atom is -0.393 e. The molecule has 0 saturated heterocycles. The van der Waals surface area contributed by atoms with Crippen LogP contribution in [0.2, 0.25) is 0 Å². The van der Waals surface area contributed by atoms with Crippen LogP contribution < -0.4 is 0 Å². The topological polar surface area (TPSA) is 29.5 Å². The molecule has 3 rings (SSSR count). The normalized spacial score (nSPS) is 19.0. The van der Waals surface area contributed by atoms with Gasteiger partial charge in [-0.3, -0.25) is 0 Å². The lowest BCUT2D eigenvalue weighted by Crippen LogP contribution is -2.21. The van der Waals surface area contributed by atoms with Crippen LogP contribution in [0.5, 0.6) is 0 Å². The van der Waals surface area contributed by atoms with Crippen molar-refractivity contribution in [3.05, 3.63) is 71.3 Å². The molecule has 110 valence electrons. The summed E-state index contributed by atoms with van der Waals surface area (Å²) in [6.45, 7) is 0.757. The van der Waals surface area contributed by atoms with Crippen molar-refractivity contribution in [3.63, 3.8) is 0 Å². The lowest BCUT2D eigenvalue weighted by molar-refractivity contribution is 0.00263. The second-order valence-corrected chi connectivity index (χ2v) is 5.72. The molecule has 2 aromatic rings. The summed E-state index contributed by atoms with van der Waals surface area (Å²) in [5, 5.41) is 10.3. The molecule has 1 heterocycles. The highest BCUT2D eigenvalue weighted by Gasteiger charge is 2.22. The molecule has 2 atom stereocenters. The summed E-state index contributed by atoms with van der Waals surface area (Å²) in [4.78, 5) is 0. The molecule has 0 aromatic heterocycles. The van der Waals surface area contributed by atoms with Crippen LogP contribution in [0.1, 0.15) is 35.6 Å². The third-order valence-electron chi connectivity index (χ3n) is 4.19. The summed E-state index contributed by atoms with van der Waals surface area (Å²) in [6, 6.07) is 18.8. The summed E-state index contributed by atoms with van der Waals surface area (Å²) in [6.07, 6.45) is 3.08. The van der Waals surface area contributed by atoms with Crippen molar-refractivity contribution in [2.24, 2.45) is 0 Å². The molecule has 2 aromatic carbocycles. The van der Waals surface area contributed by atoms with Gasteiger partial charge in [0.05, 0.1) is 18.8 Å². The number of benzene rings is 2. The molecular weight excluding hydrogens is 260 g/mol. The second kappa shape index (κ2) is 6.88. The van der Waals surface area contributed by atoms with Crippen LogP contribution in [0.25, 0.3) is 0 Å². The Morgan fingerprint density at radius 1 is 1.05 bits per heavy atom. The third-order valence-corrected chi connectivity index (χ3v) is 4.19. The summed E-state index contributed by atoms with van der Waals surface area (Å²) >= 11 is 0. The van der Waals surface area contributed by atoms with Crippen LogP contribution in [0.3, 0.4) is 0 Å². The number of ether oxygens (including phenoxy) is 1. The Morgan fingerprint density at radius 3 is 2.67 bits per heavy atom. The zero-order chi connectivity index (χ0) is 14.5. The van der Waals surface area contributed by atoms with Crippen LogP contribution >= 0.6 is 0 Å². The largest absolute Gasteiger partial charge is 0.393 e. The number of aliphatic hydroxyl groups is 1. The van der Waals surface area contributed by atoms with E-state index < -0.39 is 0 Å². The molecule has 1 N–H and O–H groups in total. The predicted molar refractivity (Wildman–Crippen MR) is 84.2 cm³/mol. The van der Waals surface area contributed by atoms with Gasteiger partial charge in [-0.2, -0.15) is 0 Å². The van der Waals surface area contributed by atoms with E-state index in [4.69, 9.17) is 4.74 Å². The van der Waals surface area contributed by atoms with Crippen molar-refractivity contribution in [2.45, 2.75) is 37.9 Å². The van der Waals surface area contributed by atoms with Crippen LogP contribution in [-0.2, 0) is 17.6 Å². The van der Waals surface area contributed by atoms with Gasteiger partial charge in [0.1, 0.15) is 0 Å². The molecular formula is C19H22O2. The molecule has 0 saturated carbocycles. The van der Waals surface area contributed by atoms with Crippen molar-refractivity contribution >= 4 is 0 Å². The molecule has 0 amide bonds. The van der Waals surface area contributed by atoms with E-state index >= 15 is 0 Å². The fraction of sp³-hybridized carbons (Fsp3) is 0.368. The van der Waals surface area contributed by atoms with Gasteiger partial charge >= 0.3 is 0 Å². The molecule has 21 heavy (non-hydrogen) atoms. The van der Waals surface area contributed by atoms with E-state index in [1.807, 2.05) is 18.2 Å². The van der Waals surface area contributed by atoms with Gasteiger partial charge in [-0.25, -0.2) is 0 Å². The molecule has 2 unspecified atom stereocenters. The standard InChI is InChI=1S/C19H22O2/c20-17(11-10-15-6-2-1-3-7-15)14-19-18-9-5-4-8-16(18)12-13-21-19/h1-9,17,19-20H,10-14H2. The first kappa shape index (κ1) is 14.3. The number of aliphatic hydroxyl groups excluding tert-OH is 1. The molecule has 0 aliphatic carbocycles. The third kappa shape index (κ3) is 3.72. The Balaban J connectivity index is 1.57. The first-order chi connectivity index (χ1) is 10.3. The van der Waals surface area contributed by atoms with Crippen molar-refractivity contribution in [3.8, 4) is 0 Å². The number of hydrogen-bond donors (Lipinski definition) is 1. The number of fused-ring (bicyclic) bond motifs is 1. The highest BCUT2D eigenvalue weighted by atomic mass is 16.5. The van der Waals surface area contributed by atoms with E-state index in [0.29, 0.717) is 6.42 Å². The molecule has 0 fully saturated rings. The van der Waals surface area contributed by atoms with Crippen LogP contribution in [0, 0.1) is 0 Å². The van der Waals surface area contributed by atoms with Gasteiger partial charge in [-0.15, -0.1) is 0 Å². The summed E-state index contributed by atoms with van der Waals surface area (Å²) in [5.74, 6) is 0. The van der Waals surface area contributed by atoms with Crippen molar-refractivity contribution in [1.29, 1.82) is 0 Å². The minimum atomic E-state index is -0.318. The first-order valence-corrected chi connectivity index (χ1v) is 7.74. The zero-order valence-corrected chi connectivity index (χ0v) is 12.2. The Morgan fingerprint density at radius 2 is 1.81 bits per heavy atom. The van der Waals surface area contributed by atoms with E-state index in [9.17, 15) is 5.11 Å². The molecule has 0 bridgehead atoms. The number of aryl methyl sites for hydroxylation is 1. The average molecular weight is 282 g/mol. The van der Waals surface area contributed by atoms with Gasteiger partial charge < -0.3 is 9.84 Å². The zero-order valence-electron chi connectivity index (χ0n) is 12.2. The summed E-state index contributed by atoms with van der Waals surface area (Å²) in [5.41, 5.74) is 3.90. The molecule has 2 nitrogen and oxygen atoms in total. The first-order valence-electron chi connectivity index (χ1n) is 7.74. The van der Waals surface area contributed by atoms with E-state index in [1.165, 1.54) is 16.7 Å². The summed E-state index contributed by atoms with van der Waals surface area (Å²) < 4.78 is 5.87. The SMILES string of the molecule is OC(CCc1ccccc1)CC1OCCc2ccccc21. The smallest absolute Gasteiger partial charge is 0.0852 e. The number of rotatable bonds is 5. The Labute approximate surface area is 126 Å². The Kier molecular flexibility index (Phi) is 4.69. The van der Waals surface area contributed by atoms with Gasteiger partial charge in [0.25, 0.3) is 0 Å². The van der Waals surface area contributed by atoms with Gasteiger partial charge in [0.15, 0.2) is 0 Å². The lowest BCUT2D eigenvalue weighted by atomic mass is 9.93. The highest BCUT2D eigenvalue weighted by molar-refractivity contribution is 5.31. The maximum absolute atomic E-state index is 10.3.